The van der Waals surface area contributed by atoms with Crippen LogP contribution in [0.3, 0.4) is 0 Å². The number of aromatic nitrogens is 3. The van der Waals surface area contributed by atoms with Gasteiger partial charge in [-0.25, -0.2) is 0 Å². The lowest BCUT2D eigenvalue weighted by molar-refractivity contribution is -0.113. The Morgan fingerprint density at radius 2 is 1.69 bits per heavy atom. The van der Waals surface area contributed by atoms with E-state index in [1.54, 1.807) is 7.11 Å². The number of hydrogen-bond donors (Lipinski definition) is 1. The molecule has 162 valence electrons. The molecule has 1 amide bonds. The van der Waals surface area contributed by atoms with Crippen molar-refractivity contribution in [1.29, 1.82) is 0 Å². The van der Waals surface area contributed by atoms with E-state index in [1.807, 2.05) is 59.2 Å². The highest BCUT2D eigenvalue weighted by molar-refractivity contribution is 7.99. The molecule has 0 radical (unpaired) electrons. The minimum Gasteiger partial charge on any atom is -0.497 e. The van der Waals surface area contributed by atoms with E-state index in [1.165, 1.54) is 17.3 Å². The van der Waals surface area contributed by atoms with E-state index in [2.05, 4.69) is 46.7 Å². The van der Waals surface area contributed by atoms with Gasteiger partial charge in [-0.15, -0.1) is 10.2 Å². The molecule has 4 rings (SSSR count). The fraction of sp³-hybridized carbons (Fsp3) is 0.160. The van der Waals surface area contributed by atoms with Gasteiger partial charge < -0.3 is 10.1 Å². The average Bonchev–Trinajstić information content (AvgIpc) is 3.28. The van der Waals surface area contributed by atoms with Crippen molar-refractivity contribution in [2.75, 3.05) is 18.2 Å². The molecule has 0 atom stereocenters. The van der Waals surface area contributed by atoms with Crippen LogP contribution in [-0.4, -0.2) is 33.5 Å². The van der Waals surface area contributed by atoms with Gasteiger partial charge in [-0.05, 0) is 48.4 Å². The van der Waals surface area contributed by atoms with Crippen molar-refractivity contribution in [3.8, 4) is 22.8 Å². The van der Waals surface area contributed by atoms with E-state index in [0.717, 1.165) is 34.9 Å². The Balaban J connectivity index is 1.56. The first kappa shape index (κ1) is 21.6. The zero-order valence-corrected chi connectivity index (χ0v) is 18.8. The van der Waals surface area contributed by atoms with E-state index in [0.29, 0.717) is 5.16 Å². The zero-order chi connectivity index (χ0) is 22.3. The molecule has 0 saturated heterocycles. The quantitative estimate of drug-likeness (QED) is 0.377. The number of carbonyl (C=O) groups is 1. The van der Waals surface area contributed by atoms with E-state index in [4.69, 9.17) is 4.74 Å². The monoisotopic (exact) mass is 444 g/mol. The molecular weight excluding hydrogens is 420 g/mol. The average molecular weight is 445 g/mol. The summed E-state index contributed by atoms with van der Waals surface area (Å²) in [5.74, 6) is 1.59. The Bertz CT molecular complexity index is 1170. The first-order valence-corrected chi connectivity index (χ1v) is 11.3. The summed E-state index contributed by atoms with van der Waals surface area (Å²) in [6.45, 7) is 2.13. The topological polar surface area (TPSA) is 69.0 Å². The standard InChI is InChI=1S/C25H24N4O2S/c1-3-18-9-13-21(14-10-18)29-24(19-7-5-4-6-8-19)27-28-25(29)32-17-23(30)26-20-11-15-22(31-2)16-12-20/h4-16H,3,17H2,1-2H3,(H,26,30). The van der Waals surface area contributed by atoms with Gasteiger partial charge in [0.2, 0.25) is 5.91 Å². The highest BCUT2D eigenvalue weighted by atomic mass is 32.2. The first-order valence-electron chi connectivity index (χ1n) is 10.3. The Morgan fingerprint density at radius 1 is 0.969 bits per heavy atom. The van der Waals surface area contributed by atoms with E-state index < -0.39 is 0 Å². The molecule has 0 aliphatic carbocycles. The molecule has 0 unspecified atom stereocenters. The van der Waals surface area contributed by atoms with Gasteiger partial charge in [-0.3, -0.25) is 9.36 Å². The first-order chi connectivity index (χ1) is 15.7. The molecule has 0 aliphatic rings. The third kappa shape index (κ3) is 5.00. The van der Waals surface area contributed by atoms with Crippen LogP contribution in [-0.2, 0) is 11.2 Å². The third-order valence-electron chi connectivity index (χ3n) is 4.97. The highest BCUT2D eigenvalue weighted by Crippen LogP contribution is 2.28. The van der Waals surface area contributed by atoms with Crippen LogP contribution in [0.4, 0.5) is 5.69 Å². The van der Waals surface area contributed by atoms with Gasteiger partial charge in [0.1, 0.15) is 5.75 Å². The zero-order valence-electron chi connectivity index (χ0n) is 18.0. The molecule has 0 fully saturated rings. The van der Waals surface area contributed by atoms with E-state index in [-0.39, 0.29) is 11.7 Å². The normalized spacial score (nSPS) is 10.7. The number of rotatable bonds is 8. The van der Waals surface area contributed by atoms with E-state index >= 15 is 0 Å². The van der Waals surface area contributed by atoms with Gasteiger partial charge in [0.15, 0.2) is 11.0 Å². The van der Waals surface area contributed by atoms with Gasteiger partial charge >= 0.3 is 0 Å². The highest BCUT2D eigenvalue weighted by Gasteiger charge is 2.17. The molecule has 0 spiro atoms. The molecule has 4 aromatic rings. The maximum Gasteiger partial charge on any atom is 0.234 e. The molecule has 3 aromatic carbocycles. The van der Waals surface area contributed by atoms with Gasteiger partial charge in [0, 0.05) is 16.9 Å². The van der Waals surface area contributed by atoms with Crippen LogP contribution in [0.5, 0.6) is 5.75 Å². The van der Waals surface area contributed by atoms with Gasteiger partial charge in [-0.1, -0.05) is 61.2 Å². The molecule has 0 saturated carbocycles. The number of nitrogens with one attached hydrogen (secondary N) is 1. The molecule has 7 heteroatoms. The third-order valence-corrected chi connectivity index (χ3v) is 5.90. The second kappa shape index (κ2) is 10.2. The Labute approximate surface area is 191 Å². The van der Waals surface area contributed by atoms with Crippen molar-refractivity contribution < 1.29 is 9.53 Å². The summed E-state index contributed by atoms with van der Waals surface area (Å²) in [6, 6.07) is 25.5. The second-order valence-corrected chi connectivity index (χ2v) is 8.04. The Kier molecular flexibility index (Phi) is 6.87. The van der Waals surface area contributed by atoms with Crippen molar-refractivity contribution in [2.24, 2.45) is 0 Å². The summed E-state index contributed by atoms with van der Waals surface area (Å²) in [6.07, 6.45) is 0.973. The van der Waals surface area contributed by atoms with Crippen molar-refractivity contribution in [3.05, 3.63) is 84.4 Å². The number of aryl methyl sites for hydroxylation is 1. The molecule has 6 nitrogen and oxygen atoms in total. The number of carbonyl (C=O) groups excluding carboxylic acids is 1. The summed E-state index contributed by atoms with van der Waals surface area (Å²) in [7, 11) is 1.61. The molecule has 1 heterocycles. The van der Waals surface area contributed by atoms with Gasteiger partial charge in [0.25, 0.3) is 0 Å². The van der Waals surface area contributed by atoms with Crippen molar-refractivity contribution in [2.45, 2.75) is 18.5 Å². The van der Waals surface area contributed by atoms with Crippen LogP contribution in [0, 0.1) is 0 Å². The molecule has 32 heavy (non-hydrogen) atoms. The number of amides is 1. The predicted octanol–water partition coefficient (Wildman–Crippen LogP) is 5.24. The van der Waals surface area contributed by atoms with Gasteiger partial charge in [-0.2, -0.15) is 0 Å². The lowest BCUT2D eigenvalue weighted by Crippen LogP contribution is -2.14. The SMILES string of the molecule is CCc1ccc(-n2c(SCC(=O)Nc3ccc(OC)cc3)nnc2-c2ccccc2)cc1. The molecule has 1 aromatic heterocycles. The largest absolute Gasteiger partial charge is 0.497 e. The molecule has 0 aliphatic heterocycles. The predicted molar refractivity (Wildman–Crippen MR) is 129 cm³/mol. The number of anilines is 1. The summed E-state index contributed by atoms with van der Waals surface area (Å²) >= 11 is 1.35. The second-order valence-electron chi connectivity index (χ2n) is 7.09. The minimum atomic E-state index is -0.114. The van der Waals surface area contributed by atoms with Gasteiger partial charge in [0.05, 0.1) is 12.9 Å². The Morgan fingerprint density at radius 3 is 2.34 bits per heavy atom. The summed E-state index contributed by atoms with van der Waals surface area (Å²) < 4.78 is 7.15. The van der Waals surface area contributed by atoms with Crippen molar-refractivity contribution >= 4 is 23.4 Å². The maximum absolute atomic E-state index is 12.5. The van der Waals surface area contributed by atoms with Crippen LogP contribution in [0.1, 0.15) is 12.5 Å². The van der Waals surface area contributed by atoms with Crippen molar-refractivity contribution in [1.82, 2.24) is 14.8 Å². The van der Waals surface area contributed by atoms with Crippen LogP contribution in [0.25, 0.3) is 17.1 Å². The fourth-order valence-electron chi connectivity index (χ4n) is 3.25. The van der Waals surface area contributed by atoms with Crippen LogP contribution < -0.4 is 10.1 Å². The number of benzene rings is 3. The molecular formula is C25H24N4O2S. The maximum atomic E-state index is 12.5. The molecule has 1 N–H and O–H groups in total. The van der Waals surface area contributed by atoms with Crippen LogP contribution in [0.15, 0.2) is 84.0 Å². The lowest BCUT2D eigenvalue weighted by atomic mass is 10.1. The number of hydrogen-bond acceptors (Lipinski definition) is 5. The fourth-order valence-corrected chi connectivity index (χ4v) is 4.00. The summed E-state index contributed by atoms with van der Waals surface area (Å²) in [4.78, 5) is 12.5. The summed E-state index contributed by atoms with van der Waals surface area (Å²) in [5, 5.41) is 12.4. The summed E-state index contributed by atoms with van der Waals surface area (Å²) in [5.41, 5.74) is 3.91. The lowest BCUT2D eigenvalue weighted by Gasteiger charge is -2.11. The number of thioether (sulfide) groups is 1. The Hall–Kier alpha value is -3.58. The number of ether oxygens (including phenoxy) is 1. The van der Waals surface area contributed by atoms with Crippen LogP contribution in [0.2, 0.25) is 0 Å². The smallest absolute Gasteiger partial charge is 0.234 e. The van der Waals surface area contributed by atoms with E-state index in [9.17, 15) is 4.79 Å². The van der Waals surface area contributed by atoms with Crippen LogP contribution >= 0.6 is 11.8 Å². The molecule has 0 bridgehead atoms. The minimum absolute atomic E-state index is 0.114. The number of methoxy groups -OCH3 is 1. The van der Waals surface area contributed by atoms with Crippen molar-refractivity contribution in [3.63, 3.8) is 0 Å². The number of nitrogens with zero attached hydrogens (tertiary/aromatic N) is 3.